The van der Waals surface area contributed by atoms with Crippen molar-refractivity contribution >= 4 is 59.9 Å². The number of benzene rings is 6. The van der Waals surface area contributed by atoms with Crippen molar-refractivity contribution in [1.29, 1.82) is 0 Å². The normalized spacial score (nSPS) is 10.9. The molecule has 0 aromatic heterocycles. The van der Waals surface area contributed by atoms with Gasteiger partial charge in [0.1, 0.15) is 0 Å². The number of halogens is 1. The Labute approximate surface area is 203 Å². The monoisotopic (exact) mass is 534 g/mol. The fraction of sp³-hybridized carbons (Fsp3) is 0. The van der Waals surface area contributed by atoms with Gasteiger partial charge in [-0.15, -0.1) is 0 Å². The van der Waals surface area contributed by atoms with E-state index in [9.17, 15) is 0 Å². The molecule has 0 spiro atoms. The molecule has 0 aliphatic rings. The second-order valence-corrected chi connectivity index (χ2v) is 12.9. The van der Waals surface area contributed by atoms with E-state index in [0.29, 0.717) is 0 Å². The van der Waals surface area contributed by atoms with Crippen LogP contribution in [0.1, 0.15) is 0 Å². The Hall–Kier alpha value is -2.88. The van der Waals surface area contributed by atoms with Crippen molar-refractivity contribution in [3.8, 4) is 0 Å². The zero-order chi connectivity index (χ0) is 20.6. The van der Waals surface area contributed by atoms with Gasteiger partial charge in [0.05, 0.1) is 0 Å². The molecule has 0 bridgehead atoms. The molecule has 0 amide bonds. The molecule has 32 heavy (non-hydrogen) atoms. The van der Waals surface area contributed by atoms with Gasteiger partial charge < -0.3 is 17.0 Å². The van der Waals surface area contributed by atoms with Crippen LogP contribution in [-0.4, -0.2) is 14.3 Å². The number of rotatable bonds is 3. The summed E-state index contributed by atoms with van der Waals surface area (Å²) in [6, 6.07) is 47.1. The van der Waals surface area contributed by atoms with Crippen molar-refractivity contribution in [2.45, 2.75) is 0 Å². The van der Waals surface area contributed by atoms with Gasteiger partial charge in [0.25, 0.3) is 0 Å². The second kappa shape index (κ2) is 8.93. The Morgan fingerprint density at radius 1 is 0.312 bits per heavy atom. The van der Waals surface area contributed by atoms with Crippen LogP contribution in [0.15, 0.2) is 127 Å². The number of hydrogen-bond donors (Lipinski definition) is 0. The summed E-state index contributed by atoms with van der Waals surface area (Å²) in [4.78, 5) is 0. The maximum absolute atomic E-state index is 2.38. The molecule has 152 valence electrons. The van der Waals surface area contributed by atoms with E-state index in [0.717, 1.165) is 0 Å². The molecule has 6 aromatic rings. The van der Waals surface area contributed by atoms with Crippen LogP contribution in [0.3, 0.4) is 0 Å². The molecule has 0 aliphatic carbocycles. The standard InChI is InChI=1S/C30H21Ge.BrH/c1-4-16-25-22(10-1)13-7-19-28(25)31(29-20-8-14-23-11-2-5-17-26(23)29)30-21-9-15-24-12-3-6-18-27(24)30;/h1-21H;1H/q+1;/p-1. The van der Waals surface area contributed by atoms with Gasteiger partial charge in [-0.25, -0.2) is 0 Å². The first-order valence-corrected chi connectivity index (χ1v) is 13.9. The van der Waals surface area contributed by atoms with Crippen LogP contribution in [0, 0.1) is 0 Å². The minimum atomic E-state index is -2.14. The van der Waals surface area contributed by atoms with E-state index in [1.165, 1.54) is 45.5 Å². The predicted molar refractivity (Wildman–Crippen MR) is 136 cm³/mol. The van der Waals surface area contributed by atoms with E-state index in [1.807, 2.05) is 0 Å². The molecular weight excluding hydrogens is 513 g/mol. The van der Waals surface area contributed by atoms with E-state index < -0.39 is 14.3 Å². The summed E-state index contributed by atoms with van der Waals surface area (Å²) >= 11 is -2.14. The molecule has 0 unspecified atom stereocenters. The van der Waals surface area contributed by atoms with Crippen molar-refractivity contribution < 1.29 is 17.0 Å². The van der Waals surface area contributed by atoms with Crippen LogP contribution in [0.5, 0.6) is 0 Å². The average molecular weight is 534 g/mol. The van der Waals surface area contributed by atoms with Gasteiger partial charge in [0.15, 0.2) is 0 Å². The molecule has 0 heterocycles. The average Bonchev–Trinajstić information content (AvgIpc) is 2.85. The van der Waals surface area contributed by atoms with Crippen molar-refractivity contribution in [3.63, 3.8) is 0 Å². The van der Waals surface area contributed by atoms with Crippen LogP contribution < -0.4 is 30.2 Å². The van der Waals surface area contributed by atoms with E-state index in [-0.39, 0.29) is 17.0 Å². The minimum absolute atomic E-state index is 0. The Balaban J connectivity index is 0.00000216. The van der Waals surface area contributed by atoms with Gasteiger partial charge in [-0.3, -0.25) is 0 Å². The van der Waals surface area contributed by atoms with Gasteiger partial charge in [0.2, 0.25) is 0 Å². The molecule has 0 radical (unpaired) electrons. The summed E-state index contributed by atoms with van der Waals surface area (Å²) in [5, 5.41) is 8.14. The van der Waals surface area contributed by atoms with Crippen LogP contribution in [0.2, 0.25) is 0 Å². The molecule has 0 aliphatic heterocycles. The molecule has 0 saturated heterocycles. The van der Waals surface area contributed by atoms with Crippen LogP contribution in [-0.2, 0) is 0 Å². The first-order chi connectivity index (χ1) is 15.4. The zero-order valence-electron chi connectivity index (χ0n) is 17.5. The van der Waals surface area contributed by atoms with Gasteiger partial charge >= 0.3 is 187 Å². The van der Waals surface area contributed by atoms with E-state index >= 15 is 0 Å². The molecule has 0 saturated carbocycles. The SMILES string of the molecule is [Br-].c1ccc2[c]([Ge+]([c]3cccc4ccccc34)[c]3cccc4ccccc34)cccc2c1. The van der Waals surface area contributed by atoms with Crippen LogP contribution >= 0.6 is 0 Å². The van der Waals surface area contributed by atoms with Crippen LogP contribution in [0.25, 0.3) is 32.3 Å². The summed E-state index contributed by atoms with van der Waals surface area (Å²) < 4.78 is 4.56. The zero-order valence-corrected chi connectivity index (χ0v) is 21.2. The number of hydrogen-bond acceptors (Lipinski definition) is 0. The predicted octanol–water partition coefficient (Wildman–Crippen LogP) is 2.67. The summed E-state index contributed by atoms with van der Waals surface area (Å²) in [6.07, 6.45) is 0. The summed E-state index contributed by atoms with van der Waals surface area (Å²) in [5.41, 5.74) is 0. The van der Waals surface area contributed by atoms with Crippen molar-refractivity contribution in [2.24, 2.45) is 0 Å². The Morgan fingerprint density at radius 2 is 0.594 bits per heavy atom. The van der Waals surface area contributed by atoms with Crippen molar-refractivity contribution in [3.05, 3.63) is 127 Å². The fourth-order valence-electron chi connectivity index (χ4n) is 4.77. The van der Waals surface area contributed by atoms with Crippen molar-refractivity contribution in [1.82, 2.24) is 0 Å². The second-order valence-electron chi connectivity index (χ2n) is 7.96. The molecule has 0 fully saturated rings. The molecule has 0 N–H and O–H groups in total. The van der Waals surface area contributed by atoms with E-state index in [4.69, 9.17) is 0 Å². The van der Waals surface area contributed by atoms with Gasteiger partial charge in [-0.2, -0.15) is 0 Å². The van der Waals surface area contributed by atoms with E-state index in [2.05, 4.69) is 127 Å². The molecule has 6 rings (SSSR count). The fourth-order valence-corrected chi connectivity index (χ4v) is 11.4. The Kier molecular flexibility index (Phi) is 5.86. The quantitative estimate of drug-likeness (QED) is 0.307. The maximum atomic E-state index is 2.38. The Bertz CT molecular complexity index is 1350. The summed E-state index contributed by atoms with van der Waals surface area (Å²) in [5.74, 6) is 0. The first kappa shape index (κ1) is 21.0. The van der Waals surface area contributed by atoms with Crippen molar-refractivity contribution in [2.75, 3.05) is 0 Å². The van der Waals surface area contributed by atoms with Gasteiger partial charge in [0, 0.05) is 0 Å². The summed E-state index contributed by atoms with van der Waals surface area (Å²) in [6.45, 7) is 0. The third-order valence-corrected chi connectivity index (χ3v) is 12.3. The molecule has 2 heteroatoms. The third kappa shape index (κ3) is 3.56. The van der Waals surface area contributed by atoms with E-state index in [1.54, 1.807) is 0 Å². The molecule has 0 nitrogen and oxygen atoms in total. The third-order valence-electron chi connectivity index (χ3n) is 6.18. The topological polar surface area (TPSA) is 0 Å². The van der Waals surface area contributed by atoms with Gasteiger partial charge in [-0.05, 0) is 0 Å². The van der Waals surface area contributed by atoms with Gasteiger partial charge in [-0.1, -0.05) is 0 Å². The Morgan fingerprint density at radius 3 is 0.938 bits per heavy atom. The van der Waals surface area contributed by atoms with Crippen LogP contribution in [0.4, 0.5) is 0 Å². The first-order valence-electron chi connectivity index (χ1n) is 10.7. The summed E-state index contributed by atoms with van der Waals surface area (Å²) in [7, 11) is 0. The molecule has 0 atom stereocenters. The molecule has 6 aromatic carbocycles. The molecular formula is C30H21BrGe. The number of fused-ring (bicyclic) bond motifs is 3.